The lowest BCUT2D eigenvalue weighted by atomic mass is 9.82. The average molecular weight is 300 g/mol. The minimum Gasteiger partial charge on any atom is -0.381 e. The summed E-state index contributed by atoms with van der Waals surface area (Å²) in [5.41, 5.74) is 0.0493. The van der Waals surface area contributed by atoms with E-state index in [4.69, 9.17) is 16.3 Å². The molecule has 1 aliphatic heterocycles. The molecular formula is C15H19ClFNO2. The predicted molar refractivity (Wildman–Crippen MR) is 76.5 cm³/mol. The van der Waals surface area contributed by atoms with Crippen LogP contribution in [0.2, 0.25) is 5.02 Å². The fraction of sp³-hybridized carbons (Fsp3) is 0.533. The van der Waals surface area contributed by atoms with Crippen LogP contribution < -0.4 is 0 Å². The van der Waals surface area contributed by atoms with Crippen molar-refractivity contribution in [1.82, 2.24) is 4.90 Å². The molecule has 0 spiro atoms. The number of carbonyl (C=O) groups is 1. The van der Waals surface area contributed by atoms with Gasteiger partial charge < -0.3 is 9.64 Å². The monoisotopic (exact) mass is 299 g/mol. The molecule has 1 heterocycles. The third-order valence-electron chi connectivity index (χ3n) is 3.82. The Kier molecular flexibility index (Phi) is 4.66. The van der Waals surface area contributed by atoms with Crippen LogP contribution in [0.15, 0.2) is 18.2 Å². The zero-order valence-corrected chi connectivity index (χ0v) is 12.5. The lowest BCUT2D eigenvalue weighted by Gasteiger charge is -2.36. The van der Waals surface area contributed by atoms with Crippen LogP contribution in [0.3, 0.4) is 0 Å². The van der Waals surface area contributed by atoms with E-state index in [0.717, 1.165) is 12.8 Å². The normalized spacial score (nSPS) is 17.8. The summed E-state index contributed by atoms with van der Waals surface area (Å²) in [6.07, 6.45) is 1.81. The molecule has 0 aromatic heterocycles. The van der Waals surface area contributed by atoms with Gasteiger partial charge in [0.25, 0.3) is 5.91 Å². The van der Waals surface area contributed by atoms with Crippen LogP contribution in [0, 0.1) is 11.2 Å². The molecule has 3 nitrogen and oxygen atoms in total. The lowest BCUT2D eigenvalue weighted by Crippen LogP contribution is -2.40. The molecule has 0 N–H and O–H groups in total. The number of hydrogen-bond donors (Lipinski definition) is 0. The second kappa shape index (κ2) is 6.10. The fourth-order valence-corrected chi connectivity index (χ4v) is 2.71. The molecule has 0 radical (unpaired) electrons. The molecule has 2 rings (SSSR count). The number of nitrogens with zero attached hydrogens (tertiary/aromatic N) is 1. The maximum Gasteiger partial charge on any atom is 0.256 e. The minimum absolute atomic E-state index is 0.0238. The number of halogens is 2. The fourth-order valence-electron chi connectivity index (χ4n) is 2.53. The zero-order valence-electron chi connectivity index (χ0n) is 11.8. The van der Waals surface area contributed by atoms with Crippen molar-refractivity contribution in [3.05, 3.63) is 34.6 Å². The van der Waals surface area contributed by atoms with Crippen LogP contribution in [0.1, 0.15) is 30.1 Å². The van der Waals surface area contributed by atoms with Gasteiger partial charge in [-0.25, -0.2) is 4.39 Å². The van der Waals surface area contributed by atoms with Gasteiger partial charge in [-0.3, -0.25) is 4.79 Å². The van der Waals surface area contributed by atoms with Gasteiger partial charge in [-0.1, -0.05) is 18.5 Å². The van der Waals surface area contributed by atoms with Crippen molar-refractivity contribution in [2.45, 2.75) is 19.8 Å². The second-order valence-corrected chi connectivity index (χ2v) is 6.14. The van der Waals surface area contributed by atoms with Gasteiger partial charge in [0, 0.05) is 31.8 Å². The summed E-state index contributed by atoms with van der Waals surface area (Å²) in [7, 11) is 1.70. The van der Waals surface area contributed by atoms with Crippen molar-refractivity contribution < 1.29 is 13.9 Å². The molecule has 1 saturated heterocycles. The summed E-state index contributed by atoms with van der Waals surface area (Å²) in [4.78, 5) is 13.9. The van der Waals surface area contributed by atoms with Gasteiger partial charge in [0.1, 0.15) is 5.82 Å². The molecule has 0 atom stereocenters. The highest BCUT2D eigenvalue weighted by Crippen LogP contribution is 2.31. The first kappa shape index (κ1) is 15.3. The standard InChI is InChI=1S/C15H19ClFNO2/c1-15(5-7-20-8-6-15)10-18(2)14(19)12-9-11(16)3-4-13(12)17/h3-4,9H,5-8,10H2,1-2H3. The van der Waals surface area contributed by atoms with Crippen LogP contribution in [0.4, 0.5) is 4.39 Å². The Morgan fingerprint density at radius 2 is 2.10 bits per heavy atom. The molecule has 1 aliphatic rings. The van der Waals surface area contributed by atoms with Crippen LogP contribution in [0.25, 0.3) is 0 Å². The minimum atomic E-state index is -0.539. The first-order valence-electron chi connectivity index (χ1n) is 6.70. The Bertz CT molecular complexity index is 501. The Labute approximate surface area is 123 Å². The molecule has 0 saturated carbocycles. The van der Waals surface area contributed by atoms with E-state index in [1.807, 2.05) is 0 Å². The molecule has 5 heteroatoms. The summed E-state index contributed by atoms with van der Waals surface area (Å²) in [5, 5.41) is 0.362. The summed E-state index contributed by atoms with van der Waals surface area (Å²) in [6.45, 7) is 4.14. The highest BCUT2D eigenvalue weighted by molar-refractivity contribution is 6.30. The van der Waals surface area contributed by atoms with E-state index in [2.05, 4.69) is 6.92 Å². The van der Waals surface area contributed by atoms with E-state index >= 15 is 0 Å². The van der Waals surface area contributed by atoms with Gasteiger partial charge in [0.15, 0.2) is 0 Å². The summed E-state index contributed by atoms with van der Waals surface area (Å²) in [5.74, 6) is -0.874. The topological polar surface area (TPSA) is 29.5 Å². The Hall–Kier alpha value is -1.13. The van der Waals surface area contributed by atoms with E-state index < -0.39 is 5.82 Å². The van der Waals surface area contributed by atoms with Gasteiger partial charge in [-0.15, -0.1) is 0 Å². The highest BCUT2D eigenvalue weighted by atomic mass is 35.5. The zero-order chi connectivity index (χ0) is 14.8. The Morgan fingerprint density at radius 3 is 2.75 bits per heavy atom. The van der Waals surface area contributed by atoms with Gasteiger partial charge in [-0.2, -0.15) is 0 Å². The van der Waals surface area contributed by atoms with Crippen molar-refractivity contribution in [2.24, 2.45) is 5.41 Å². The van der Waals surface area contributed by atoms with Gasteiger partial charge in [0.05, 0.1) is 5.56 Å². The molecule has 1 amide bonds. The predicted octanol–water partition coefficient (Wildman–Crippen LogP) is 3.37. The molecule has 0 unspecified atom stereocenters. The Balaban J connectivity index is 2.10. The van der Waals surface area contributed by atoms with Crippen LogP contribution >= 0.6 is 11.6 Å². The van der Waals surface area contributed by atoms with Gasteiger partial charge >= 0.3 is 0 Å². The maximum atomic E-state index is 13.7. The molecule has 1 fully saturated rings. The molecule has 0 bridgehead atoms. The molecule has 20 heavy (non-hydrogen) atoms. The van der Waals surface area contributed by atoms with Crippen LogP contribution in [-0.4, -0.2) is 37.6 Å². The number of hydrogen-bond acceptors (Lipinski definition) is 2. The quantitative estimate of drug-likeness (QED) is 0.856. The van der Waals surface area contributed by atoms with Crippen molar-refractivity contribution in [3.8, 4) is 0 Å². The van der Waals surface area contributed by atoms with Gasteiger partial charge in [0.2, 0.25) is 0 Å². The summed E-state index contributed by atoms with van der Waals surface area (Å²) >= 11 is 5.83. The Morgan fingerprint density at radius 1 is 1.45 bits per heavy atom. The third kappa shape index (κ3) is 3.49. The smallest absolute Gasteiger partial charge is 0.256 e. The molecule has 110 valence electrons. The van der Waals surface area contributed by atoms with Crippen molar-refractivity contribution in [1.29, 1.82) is 0 Å². The third-order valence-corrected chi connectivity index (χ3v) is 4.06. The molecule has 0 aliphatic carbocycles. The average Bonchev–Trinajstić information content (AvgIpc) is 2.41. The van der Waals surface area contributed by atoms with Crippen molar-refractivity contribution in [2.75, 3.05) is 26.8 Å². The van der Waals surface area contributed by atoms with E-state index in [1.54, 1.807) is 11.9 Å². The summed E-state index contributed by atoms with van der Waals surface area (Å²) in [6, 6.07) is 4.04. The van der Waals surface area contributed by atoms with Crippen LogP contribution in [-0.2, 0) is 4.74 Å². The first-order chi connectivity index (χ1) is 9.41. The van der Waals surface area contributed by atoms with E-state index in [1.165, 1.54) is 18.2 Å². The number of benzene rings is 1. The molecule has 1 aromatic rings. The van der Waals surface area contributed by atoms with Crippen LogP contribution in [0.5, 0.6) is 0 Å². The maximum absolute atomic E-state index is 13.7. The largest absolute Gasteiger partial charge is 0.381 e. The van der Waals surface area contributed by atoms with E-state index in [0.29, 0.717) is 24.8 Å². The number of carbonyl (C=O) groups excluding carboxylic acids is 1. The van der Waals surface area contributed by atoms with Crippen molar-refractivity contribution >= 4 is 17.5 Å². The SMILES string of the molecule is CN(CC1(C)CCOCC1)C(=O)c1cc(Cl)ccc1F. The molecular weight excluding hydrogens is 281 g/mol. The molecule has 1 aromatic carbocycles. The second-order valence-electron chi connectivity index (χ2n) is 5.71. The summed E-state index contributed by atoms with van der Waals surface area (Å²) < 4.78 is 19.1. The highest BCUT2D eigenvalue weighted by Gasteiger charge is 2.30. The van der Waals surface area contributed by atoms with Crippen molar-refractivity contribution in [3.63, 3.8) is 0 Å². The van der Waals surface area contributed by atoms with E-state index in [-0.39, 0.29) is 16.9 Å². The number of rotatable bonds is 3. The number of amides is 1. The lowest BCUT2D eigenvalue weighted by molar-refractivity contribution is 0.00908. The van der Waals surface area contributed by atoms with Gasteiger partial charge in [-0.05, 0) is 36.5 Å². The van der Waals surface area contributed by atoms with E-state index in [9.17, 15) is 9.18 Å². The first-order valence-corrected chi connectivity index (χ1v) is 7.07. The number of ether oxygens (including phenoxy) is 1.